The zero-order valence-corrected chi connectivity index (χ0v) is 12.7. The van der Waals surface area contributed by atoms with Gasteiger partial charge in [0.05, 0.1) is 18.1 Å². The standard InChI is InChI=1S/C18H19ClO/c1-14(2)11-13-20-18-10-9-15-6-3-4-7-16(15)17(18)8-5-12-19/h3-4,6-7,9-10,14H,11-13H2,1-2H3. The molecule has 2 aromatic rings. The molecule has 2 heteroatoms. The largest absolute Gasteiger partial charge is 0.492 e. The second-order valence-electron chi connectivity index (χ2n) is 5.13. The van der Waals surface area contributed by atoms with Crippen molar-refractivity contribution in [3.63, 3.8) is 0 Å². The van der Waals surface area contributed by atoms with Crippen molar-refractivity contribution in [3.8, 4) is 17.6 Å². The zero-order valence-electron chi connectivity index (χ0n) is 11.9. The first-order chi connectivity index (χ1) is 9.72. The highest BCUT2D eigenvalue weighted by Crippen LogP contribution is 2.27. The van der Waals surface area contributed by atoms with E-state index in [4.69, 9.17) is 16.3 Å². The summed E-state index contributed by atoms with van der Waals surface area (Å²) in [5, 5.41) is 2.29. The van der Waals surface area contributed by atoms with Gasteiger partial charge >= 0.3 is 0 Å². The van der Waals surface area contributed by atoms with E-state index in [0.717, 1.165) is 23.1 Å². The Labute approximate surface area is 125 Å². The van der Waals surface area contributed by atoms with Gasteiger partial charge in [-0.15, -0.1) is 11.6 Å². The summed E-state index contributed by atoms with van der Waals surface area (Å²) < 4.78 is 5.91. The lowest BCUT2D eigenvalue weighted by molar-refractivity contribution is 0.289. The van der Waals surface area contributed by atoms with E-state index in [1.54, 1.807) is 0 Å². The lowest BCUT2D eigenvalue weighted by Gasteiger charge is -2.12. The summed E-state index contributed by atoms with van der Waals surface area (Å²) in [7, 11) is 0. The normalized spacial score (nSPS) is 10.4. The number of halogens is 1. The summed E-state index contributed by atoms with van der Waals surface area (Å²) in [5.74, 6) is 7.88. The molecule has 0 heterocycles. The van der Waals surface area contributed by atoms with Crippen LogP contribution in [-0.2, 0) is 0 Å². The molecule has 0 radical (unpaired) electrons. The topological polar surface area (TPSA) is 9.23 Å². The van der Waals surface area contributed by atoms with E-state index in [2.05, 4.69) is 43.9 Å². The molecule has 0 bridgehead atoms. The molecule has 0 fully saturated rings. The van der Waals surface area contributed by atoms with E-state index < -0.39 is 0 Å². The van der Waals surface area contributed by atoms with Crippen molar-refractivity contribution in [1.82, 2.24) is 0 Å². The first kappa shape index (κ1) is 14.8. The predicted octanol–water partition coefficient (Wildman–Crippen LogP) is 4.86. The van der Waals surface area contributed by atoms with Crippen molar-refractivity contribution in [2.45, 2.75) is 20.3 Å². The minimum Gasteiger partial charge on any atom is -0.492 e. The molecule has 0 saturated carbocycles. The van der Waals surface area contributed by atoms with Gasteiger partial charge in [-0.3, -0.25) is 0 Å². The Morgan fingerprint density at radius 1 is 1.15 bits per heavy atom. The van der Waals surface area contributed by atoms with Crippen molar-refractivity contribution >= 4 is 22.4 Å². The molecular formula is C18H19ClO. The third-order valence-corrected chi connectivity index (χ3v) is 3.26. The molecule has 2 aromatic carbocycles. The third kappa shape index (κ3) is 3.68. The van der Waals surface area contributed by atoms with Gasteiger partial charge in [-0.05, 0) is 23.8 Å². The molecule has 2 rings (SSSR count). The Morgan fingerprint density at radius 2 is 1.95 bits per heavy atom. The van der Waals surface area contributed by atoms with Gasteiger partial charge < -0.3 is 4.74 Å². The number of fused-ring (bicyclic) bond motifs is 1. The van der Waals surface area contributed by atoms with Gasteiger partial charge in [0, 0.05) is 5.39 Å². The van der Waals surface area contributed by atoms with Crippen LogP contribution in [0.4, 0.5) is 0 Å². The van der Waals surface area contributed by atoms with Crippen LogP contribution in [0.3, 0.4) is 0 Å². The maximum absolute atomic E-state index is 5.91. The molecule has 0 aliphatic carbocycles. The predicted molar refractivity (Wildman–Crippen MR) is 86.5 cm³/mol. The van der Waals surface area contributed by atoms with Gasteiger partial charge in [0.25, 0.3) is 0 Å². The first-order valence-electron chi connectivity index (χ1n) is 6.91. The van der Waals surface area contributed by atoms with Crippen LogP contribution in [0.25, 0.3) is 10.8 Å². The summed E-state index contributed by atoms with van der Waals surface area (Å²) in [6, 6.07) is 12.3. The highest BCUT2D eigenvalue weighted by molar-refractivity contribution is 6.19. The van der Waals surface area contributed by atoms with Gasteiger partial charge in [-0.25, -0.2) is 0 Å². The quantitative estimate of drug-likeness (QED) is 0.576. The Morgan fingerprint density at radius 3 is 2.70 bits per heavy atom. The average Bonchev–Trinajstić information content (AvgIpc) is 2.45. The van der Waals surface area contributed by atoms with Crippen LogP contribution in [-0.4, -0.2) is 12.5 Å². The van der Waals surface area contributed by atoms with Gasteiger partial charge in [-0.1, -0.05) is 56.0 Å². The third-order valence-electron chi connectivity index (χ3n) is 3.12. The van der Waals surface area contributed by atoms with E-state index in [1.165, 1.54) is 5.39 Å². The van der Waals surface area contributed by atoms with Gasteiger partial charge in [0.2, 0.25) is 0 Å². The molecule has 0 aliphatic rings. The van der Waals surface area contributed by atoms with Crippen LogP contribution >= 0.6 is 11.6 Å². The fourth-order valence-electron chi connectivity index (χ4n) is 2.03. The number of rotatable bonds is 4. The molecule has 0 spiro atoms. The van der Waals surface area contributed by atoms with E-state index in [0.29, 0.717) is 18.4 Å². The molecule has 0 amide bonds. The minimum absolute atomic E-state index is 0.328. The average molecular weight is 287 g/mol. The number of ether oxygens (including phenoxy) is 1. The van der Waals surface area contributed by atoms with Gasteiger partial charge in [-0.2, -0.15) is 0 Å². The van der Waals surface area contributed by atoms with Crippen molar-refractivity contribution in [2.75, 3.05) is 12.5 Å². The van der Waals surface area contributed by atoms with Crippen molar-refractivity contribution in [1.29, 1.82) is 0 Å². The van der Waals surface area contributed by atoms with Crippen LogP contribution in [0, 0.1) is 17.8 Å². The lowest BCUT2D eigenvalue weighted by Crippen LogP contribution is -2.02. The molecular weight excluding hydrogens is 268 g/mol. The van der Waals surface area contributed by atoms with Gasteiger partial charge in [0.1, 0.15) is 5.75 Å². The van der Waals surface area contributed by atoms with Crippen LogP contribution in [0.15, 0.2) is 36.4 Å². The van der Waals surface area contributed by atoms with E-state index >= 15 is 0 Å². The number of hydrogen-bond acceptors (Lipinski definition) is 1. The number of hydrogen-bond donors (Lipinski definition) is 0. The fraction of sp³-hybridized carbons (Fsp3) is 0.333. The second-order valence-corrected chi connectivity index (χ2v) is 5.39. The van der Waals surface area contributed by atoms with Crippen LogP contribution < -0.4 is 4.74 Å². The Hall–Kier alpha value is -1.65. The smallest absolute Gasteiger partial charge is 0.135 e. The zero-order chi connectivity index (χ0) is 14.4. The Balaban J connectivity index is 2.37. The molecule has 0 N–H and O–H groups in total. The molecule has 0 aliphatic heterocycles. The molecule has 0 saturated heterocycles. The maximum atomic E-state index is 5.91. The SMILES string of the molecule is CC(C)CCOc1ccc2ccccc2c1C#CCCl. The lowest BCUT2D eigenvalue weighted by atomic mass is 10.0. The summed E-state index contributed by atoms with van der Waals surface area (Å²) in [6.07, 6.45) is 1.04. The monoisotopic (exact) mass is 286 g/mol. The summed E-state index contributed by atoms with van der Waals surface area (Å²) in [5.41, 5.74) is 0.938. The first-order valence-corrected chi connectivity index (χ1v) is 7.45. The van der Waals surface area contributed by atoms with Crippen molar-refractivity contribution in [3.05, 3.63) is 42.0 Å². The number of alkyl halides is 1. The van der Waals surface area contributed by atoms with Crippen LogP contribution in [0.5, 0.6) is 5.75 Å². The summed E-state index contributed by atoms with van der Waals surface area (Å²) >= 11 is 5.69. The Kier molecular flexibility index (Phi) is 5.32. The molecule has 0 atom stereocenters. The highest BCUT2D eigenvalue weighted by atomic mass is 35.5. The fourth-order valence-corrected chi connectivity index (χ4v) is 2.09. The molecule has 0 unspecified atom stereocenters. The highest BCUT2D eigenvalue weighted by Gasteiger charge is 2.07. The second kappa shape index (κ2) is 7.22. The van der Waals surface area contributed by atoms with Crippen molar-refractivity contribution in [2.24, 2.45) is 5.92 Å². The minimum atomic E-state index is 0.328. The van der Waals surface area contributed by atoms with Gasteiger partial charge in [0.15, 0.2) is 0 Å². The maximum Gasteiger partial charge on any atom is 0.135 e. The molecule has 20 heavy (non-hydrogen) atoms. The number of benzene rings is 2. The molecule has 0 aromatic heterocycles. The molecule has 104 valence electrons. The Bertz CT molecular complexity index is 635. The molecule has 1 nitrogen and oxygen atoms in total. The van der Waals surface area contributed by atoms with E-state index in [-0.39, 0.29) is 0 Å². The summed E-state index contributed by atoms with van der Waals surface area (Å²) in [6.45, 7) is 5.10. The van der Waals surface area contributed by atoms with Crippen molar-refractivity contribution < 1.29 is 4.74 Å². The summed E-state index contributed by atoms with van der Waals surface area (Å²) in [4.78, 5) is 0. The van der Waals surface area contributed by atoms with E-state index in [1.807, 2.05) is 18.2 Å². The van der Waals surface area contributed by atoms with Crippen LogP contribution in [0.1, 0.15) is 25.8 Å². The van der Waals surface area contributed by atoms with E-state index in [9.17, 15) is 0 Å². The van der Waals surface area contributed by atoms with Crippen LogP contribution in [0.2, 0.25) is 0 Å².